The fraction of sp³-hybridized carbons (Fsp3) is 0.600. The van der Waals surface area contributed by atoms with Crippen molar-refractivity contribution in [3.63, 3.8) is 0 Å². The molecule has 4 heterocycles. The molecule has 0 aromatic carbocycles. The van der Waals surface area contributed by atoms with E-state index in [1.807, 2.05) is 0 Å². The maximum Gasteiger partial charge on any atom is 0.330 e. The number of aryl methyl sites for hydroxylation is 2. The molecule has 4 N–H and O–H groups in total. The third-order valence-electron chi connectivity index (χ3n) is 5.94. The number of rotatable bonds is 7. The van der Waals surface area contributed by atoms with E-state index in [-0.39, 0.29) is 23.7 Å². The first kappa shape index (κ1) is 25.0. The number of aromatic amines is 2. The van der Waals surface area contributed by atoms with Crippen molar-refractivity contribution in [2.24, 2.45) is 0 Å². The molecule has 2 aromatic rings. The van der Waals surface area contributed by atoms with E-state index < -0.39 is 47.2 Å². The molecule has 0 saturated carbocycles. The van der Waals surface area contributed by atoms with Gasteiger partial charge >= 0.3 is 11.4 Å². The average molecular weight is 515 g/mol. The highest BCUT2D eigenvalue weighted by molar-refractivity contribution is 8.77. The van der Waals surface area contributed by atoms with E-state index in [4.69, 9.17) is 9.47 Å². The summed E-state index contributed by atoms with van der Waals surface area (Å²) in [6.07, 6.45) is 1.41. The number of hydrogen-bond acceptors (Lipinski definition) is 10. The molecule has 2 aromatic heterocycles. The van der Waals surface area contributed by atoms with Crippen LogP contribution in [0.15, 0.2) is 31.6 Å². The first-order valence-electron chi connectivity index (χ1n) is 10.7. The SMILES string of the molecule is Cc1cn([C@H]2C[C@H](SS[C@H]3C[C@H](n4cc(C)c(=O)[nH]c4=O)O[C@@H]3CO)[C@@H](CO)O2)c(=O)[nH]c1=O. The molecule has 186 valence electrons. The predicted octanol–water partition coefficient (Wildman–Crippen LogP) is -0.618. The van der Waals surface area contributed by atoms with Crippen molar-refractivity contribution in [3.8, 4) is 0 Å². The van der Waals surface area contributed by atoms with Crippen LogP contribution in [0.3, 0.4) is 0 Å². The van der Waals surface area contributed by atoms with Crippen molar-refractivity contribution < 1.29 is 19.7 Å². The first-order chi connectivity index (χ1) is 16.2. The third kappa shape index (κ3) is 4.97. The number of hydrogen-bond donors (Lipinski definition) is 4. The lowest BCUT2D eigenvalue weighted by atomic mass is 10.2. The molecule has 2 saturated heterocycles. The van der Waals surface area contributed by atoms with Gasteiger partial charge in [0.1, 0.15) is 12.5 Å². The van der Waals surface area contributed by atoms with Crippen LogP contribution in [0.4, 0.5) is 0 Å². The molecule has 2 fully saturated rings. The maximum absolute atomic E-state index is 12.2. The van der Waals surface area contributed by atoms with Crippen molar-refractivity contribution in [3.05, 3.63) is 65.2 Å². The van der Waals surface area contributed by atoms with Crippen LogP contribution in [0, 0.1) is 13.8 Å². The molecule has 0 aliphatic carbocycles. The minimum absolute atomic E-state index is 0.171. The Bertz CT molecular complexity index is 1170. The first-order valence-corrected chi connectivity index (χ1v) is 13.0. The summed E-state index contributed by atoms with van der Waals surface area (Å²) < 4.78 is 14.4. The number of nitrogens with zero attached hydrogens (tertiary/aromatic N) is 2. The minimum atomic E-state index is -0.637. The maximum atomic E-state index is 12.2. The number of nitrogens with one attached hydrogen (secondary N) is 2. The standard InChI is InChI=1S/C20H26N4O8S2/c1-9-5-23(19(29)21-17(9)27)15-3-13(11(7-25)31-15)33-34-14-4-16(32-12(14)8-26)24-6-10(2)18(28)22-20(24)30/h5-6,11-16,25-26H,3-4,7-8H2,1-2H3,(H,21,27,29)(H,22,28,30)/t11-,12-,13+,14+,15-,16-/m1/s1. The lowest BCUT2D eigenvalue weighted by molar-refractivity contribution is -0.0240. The van der Waals surface area contributed by atoms with Gasteiger partial charge in [-0.05, 0) is 13.8 Å². The minimum Gasteiger partial charge on any atom is -0.394 e. The van der Waals surface area contributed by atoms with E-state index in [2.05, 4.69) is 9.97 Å². The Labute approximate surface area is 200 Å². The van der Waals surface area contributed by atoms with Gasteiger partial charge in [-0.2, -0.15) is 0 Å². The molecule has 2 aliphatic heterocycles. The fourth-order valence-corrected chi connectivity index (χ4v) is 7.41. The van der Waals surface area contributed by atoms with Gasteiger partial charge in [0.25, 0.3) is 11.1 Å². The summed E-state index contributed by atoms with van der Waals surface area (Å²) in [5.41, 5.74) is -1.32. The van der Waals surface area contributed by atoms with Crippen LogP contribution >= 0.6 is 21.6 Å². The van der Waals surface area contributed by atoms with E-state index in [1.54, 1.807) is 13.8 Å². The van der Waals surface area contributed by atoms with Crippen LogP contribution in [0.25, 0.3) is 0 Å². The largest absolute Gasteiger partial charge is 0.394 e. The van der Waals surface area contributed by atoms with Crippen LogP contribution in [-0.4, -0.2) is 65.2 Å². The van der Waals surface area contributed by atoms with Crippen LogP contribution in [0.5, 0.6) is 0 Å². The summed E-state index contributed by atoms with van der Waals surface area (Å²) >= 11 is 0. The van der Waals surface area contributed by atoms with Gasteiger partial charge in [0, 0.05) is 46.9 Å². The van der Waals surface area contributed by atoms with Crippen molar-refractivity contribution in [2.45, 2.75) is 61.9 Å². The van der Waals surface area contributed by atoms with Gasteiger partial charge in [0.15, 0.2) is 0 Å². The van der Waals surface area contributed by atoms with Crippen molar-refractivity contribution in [1.82, 2.24) is 19.1 Å². The van der Waals surface area contributed by atoms with Crippen molar-refractivity contribution in [2.75, 3.05) is 13.2 Å². The summed E-state index contributed by atoms with van der Waals surface area (Å²) in [7, 11) is 2.92. The Balaban J connectivity index is 1.45. The van der Waals surface area contributed by atoms with Crippen LogP contribution in [0.2, 0.25) is 0 Å². The number of aliphatic hydroxyl groups excluding tert-OH is 2. The van der Waals surface area contributed by atoms with Gasteiger partial charge in [-0.15, -0.1) is 0 Å². The van der Waals surface area contributed by atoms with E-state index in [0.29, 0.717) is 24.0 Å². The second-order valence-electron chi connectivity index (χ2n) is 8.32. The molecule has 14 heteroatoms. The fourth-order valence-electron chi connectivity index (χ4n) is 4.02. The zero-order valence-electron chi connectivity index (χ0n) is 18.5. The molecule has 0 radical (unpaired) electrons. The molecule has 34 heavy (non-hydrogen) atoms. The molecule has 6 atom stereocenters. The van der Waals surface area contributed by atoms with Crippen LogP contribution < -0.4 is 22.5 Å². The monoisotopic (exact) mass is 514 g/mol. The van der Waals surface area contributed by atoms with Crippen molar-refractivity contribution >= 4 is 21.6 Å². The highest BCUT2D eigenvalue weighted by atomic mass is 33.1. The number of aliphatic hydroxyl groups is 2. The van der Waals surface area contributed by atoms with Gasteiger partial charge in [-0.25, -0.2) is 9.59 Å². The lowest BCUT2D eigenvalue weighted by Crippen LogP contribution is -2.33. The summed E-state index contributed by atoms with van der Waals surface area (Å²) in [5.74, 6) is 0. The second kappa shape index (κ2) is 10.3. The quantitative estimate of drug-likeness (QED) is 0.350. The summed E-state index contributed by atoms with van der Waals surface area (Å²) in [6, 6.07) is 0. The molecule has 12 nitrogen and oxygen atoms in total. The molecule has 0 bridgehead atoms. The van der Waals surface area contributed by atoms with Crippen LogP contribution in [-0.2, 0) is 9.47 Å². The lowest BCUT2D eigenvalue weighted by Gasteiger charge is -2.19. The van der Waals surface area contributed by atoms with E-state index in [1.165, 1.54) is 43.1 Å². The number of H-pyrrole nitrogens is 2. The van der Waals surface area contributed by atoms with Gasteiger partial charge in [0.2, 0.25) is 0 Å². The zero-order valence-corrected chi connectivity index (χ0v) is 20.1. The summed E-state index contributed by atoms with van der Waals surface area (Å²) in [4.78, 5) is 52.3. The van der Waals surface area contributed by atoms with E-state index in [0.717, 1.165) is 0 Å². The van der Waals surface area contributed by atoms with Gasteiger partial charge in [-0.3, -0.25) is 28.7 Å². The van der Waals surface area contributed by atoms with Crippen LogP contribution in [0.1, 0.15) is 36.4 Å². The molecule has 0 spiro atoms. The zero-order chi connectivity index (χ0) is 24.6. The molecule has 0 amide bonds. The van der Waals surface area contributed by atoms with Gasteiger partial charge in [0.05, 0.1) is 25.4 Å². The Morgan fingerprint density at radius 2 is 1.21 bits per heavy atom. The topological polar surface area (TPSA) is 169 Å². The predicted molar refractivity (Wildman–Crippen MR) is 126 cm³/mol. The molecule has 0 unspecified atom stereocenters. The third-order valence-corrected chi connectivity index (χ3v) is 9.35. The smallest absolute Gasteiger partial charge is 0.330 e. The molecular weight excluding hydrogens is 488 g/mol. The average Bonchev–Trinajstić information content (AvgIpc) is 3.40. The van der Waals surface area contributed by atoms with E-state index >= 15 is 0 Å². The highest BCUT2D eigenvalue weighted by Gasteiger charge is 2.41. The van der Waals surface area contributed by atoms with Gasteiger partial charge in [-0.1, -0.05) is 21.6 Å². The normalized spacial score (nSPS) is 29.1. The Kier molecular flexibility index (Phi) is 7.54. The molecule has 4 rings (SSSR count). The molecule has 2 aliphatic rings. The summed E-state index contributed by atoms with van der Waals surface area (Å²) in [5, 5.41) is 19.3. The molecular formula is C20H26N4O8S2. The Hall–Kier alpha value is -2.10. The van der Waals surface area contributed by atoms with Crippen molar-refractivity contribution in [1.29, 1.82) is 0 Å². The Morgan fingerprint density at radius 1 is 0.824 bits per heavy atom. The van der Waals surface area contributed by atoms with E-state index in [9.17, 15) is 29.4 Å². The number of ether oxygens (including phenoxy) is 2. The van der Waals surface area contributed by atoms with Gasteiger partial charge < -0.3 is 19.7 Å². The second-order valence-corrected chi connectivity index (χ2v) is 11.1. The highest BCUT2D eigenvalue weighted by Crippen LogP contribution is 2.47. The Morgan fingerprint density at radius 3 is 1.56 bits per heavy atom. The number of aromatic nitrogens is 4. The summed E-state index contributed by atoms with van der Waals surface area (Å²) in [6.45, 7) is 2.70.